The van der Waals surface area contributed by atoms with Crippen LogP contribution in [0.4, 0.5) is 4.39 Å². The van der Waals surface area contributed by atoms with Gasteiger partial charge in [0.25, 0.3) is 0 Å². The zero-order valence-electron chi connectivity index (χ0n) is 16.0. The number of aliphatic imine (C=N–C) groups is 1. The fourth-order valence-corrected chi connectivity index (χ4v) is 4.83. The Morgan fingerprint density at radius 3 is 2.75 bits per heavy atom. The predicted molar refractivity (Wildman–Crippen MR) is 105 cm³/mol. The maximum Gasteiger partial charge on any atom is 0.180 e. The molecule has 0 spiro atoms. The average molecular weight is 378 g/mol. The minimum Gasteiger partial charge on any atom is -0.337 e. The third kappa shape index (κ3) is 2.66. The molecule has 144 valence electrons. The molecular weight excluding hydrogens is 355 g/mol. The van der Waals surface area contributed by atoms with Crippen molar-refractivity contribution in [2.24, 2.45) is 12.0 Å². The highest BCUT2D eigenvalue weighted by atomic mass is 19.1. The van der Waals surface area contributed by atoms with E-state index in [0.717, 1.165) is 22.7 Å². The molecule has 28 heavy (non-hydrogen) atoms. The lowest BCUT2D eigenvalue weighted by atomic mass is 9.71. The Morgan fingerprint density at radius 2 is 2.04 bits per heavy atom. The van der Waals surface area contributed by atoms with Crippen molar-refractivity contribution in [1.82, 2.24) is 14.9 Å². The second-order valence-electron chi connectivity index (χ2n) is 8.04. The average Bonchev–Trinajstić information content (AvgIpc) is 3.10. The van der Waals surface area contributed by atoms with Gasteiger partial charge in [-0.3, -0.25) is 9.79 Å². The van der Waals surface area contributed by atoms with Gasteiger partial charge in [0, 0.05) is 43.5 Å². The Morgan fingerprint density at radius 1 is 1.25 bits per heavy atom. The van der Waals surface area contributed by atoms with Gasteiger partial charge in [-0.25, -0.2) is 9.37 Å². The molecular formula is C22H23FN4O. The standard InChI is InChI=1S/C22H23FN4O/c1-12-3-5-13(6-4-12)20-19(22-24-7-8-27(22)2)21-18-15(17(28)11-25-21)9-14(23)10-16(18)26-20/h3-8,14,16,19-20,26H,9-11H2,1-2H3. The van der Waals surface area contributed by atoms with Gasteiger partial charge in [-0.05, 0) is 24.5 Å². The molecule has 0 amide bonds. The largest absolute Gasteiger partial charge is 0.337 e. The number of carbonyl (C=O) groups is 1. The number of ketones is 1. The topological polar surface area (TPSA) is 59.3 Å². The summed E-state index contributed by atoms with van der Waals surface area (Å²) < 4.78 is 16.5. The number of imidazole rings is 1. The Kier molecular flexibility index (Phi) is 4.05. The molecule has 1 N–H and O–H groups in total. The first-order chi connectivity index (χ1) is 13.5. The summed E-state index contributed by atoms with van der Waals surface area (Å²) in [7, 11) is 1.98. The van der Waals surface area contributed by atoms with Gasteiger partial charge in [0.1, 0.15) is 18.5 Å². The van der Waals surface area contributed by atoms with E-state index in [1.165, 1.54) is 5.56 Å². The number of hydrogen-bond acceptors (Lipinski definition) is 4. The van der Waals surface area contributed by atoms with Crippen molar-refractivity contribution in [1.29, 1.82) is 0 Å². The quantitative estimate of drug-likeness (QED) is 0.874. The van der Waals surface area contributed by atoms with Gasteiger partial charge in [0.2, 0.25) is 0 Å². The van der Waals surface area contributed by atoms with Crippen molar-refractivity contribution >= 4 is 11.5 Å². The van der Waals surface area contributed by atoms with Crippen LogP contribution >= 0.6 is 0 Å². The van der Waals surface area contributed by atoms with Crippen molar-refractivity contribution in [2.45, 2.75) is 43.9 Å². The molecule has 2 aliphatic heterocycles. The summed E-state index contributed by atoms with van der Waals surface area (Å²) in [6.07, 6.45) is 3.29. The van der Waals surface area contributed by atoms with Gasteiger partial charge in [-0.1, -0.05) is 29.8 Å². The molecule has 0 radical (unpaired) electrons. The molecule has 5 nitrogen and oxygen atoms in total. The van der Waals surface area contributed by atoms with Crippen LogP contribution in [0.5, 0.6) is 0 Å². The highest BCUT2D eigenvalue weighted by molar-refractivity contribution is 6.17. The number of rotatable bonds is 2. The number of nitrogens with one attached hydrogen (secondary N) is 1. The summed E-state index contributed by atoms with van der Waals surface area (Å²) in [6, 6.07) is 8.15. The summed E-state index contributed by atoms with van der Waals surface area (Å²) in [5.74, 6) is 0.743. The van der Waals surface area contributed by atoms with E-state index in [1.54, 1.807) is 6.20 Å². The summed E-state index contributed by atoms with van der Waals surface area (Å²) in [6.45, 7) is 2.17. The number of aryl methyl sites for hydroxylation is 2. The summed E-state index contributed by atoms with van der Waals surface area (Å²) in [5, 5.41) is 3.65. The molecule has 1 aromatic heterocycles. The van der Waals surface area contributed by atoms with Crippen molar-refractivity contribution in [3.8, 4) is 0 Å². The van der Waals surface area contributed by atoms with Gasteiger partial charge in [-0.15, -0.1) is 0 Å². The molecule has 3 heterocycles. The zero-order chi connectivity index (χ0) is 19.4. The number of carbonyl (C=O) groups excluding carboxylic acids is 1. The minimum absolute atomic E-state index is 0.0414. The summed E-state index contributed by atoms with van der Waals surface area (Å²) in [4.78, 5) is 21.8. The highest BCUT2D eigenvalue weighted by Gasteiger charge is 2.47. The molecule has 0 bridgehead atoms. The number of hydrogen-bond donors (Lipinski definition) is 1. The molecule has 1 aromatic carbocycles. The summed E-state index contributed by atoms with van der Waals surface area (Å²) in [5.41, 5.74) is 4.77. The lowest BCUT2D eigenvalue weighted by molar-refractivity contribution is -0.114. The third-order valence-electron chi connectivity index (χ3n) is 6.18. The Bertz CT molecular complexity index is 1000. The maximum atomic E-state index is 14.5. The molecule has 6 heteroatoms. The number of alkyl halides is 1. The molecule has 1 fully saturated rings. The van der Waals surface area contributed by atoms with Gasteiger partial charge >= 0.3 is 0 Å². The zero-order valence-corrected chi connectivity index (χ0v) is 16.0. The lowest BCUT2D eigenvalue weighted by Crippen LogP contribution is -2.53. The first-order valence-corrected chi connectivity index (χ1v) is 9.77. The van der Waals surface area contributed by atoms with Crippen LogP contribution in [-0.2, 0) is 11.8 Å². The first kappa shape index (κ1) is 17.5. The SMILES string of the molecule is Cc1ccc(C2NC3CC(F)CC4=C3C(=NCC4=O)C2c2nccn2C)cc1. The molecule has 4 atom stereocenters. The van der Waals surface area contributed by atoms with E-state index < -0.39 is 6.17 Å². The van der Waals surface area contributed by atoms with E-state index in [-0.39, 0.29) is 36.8 Å². The molecule has 2 aromatic rings. The Labute approximate surface area is 163 Å². The predicted octanol–water partition coefficient (Wildman–Crippen LogP) is 2.98. The van der Waals surface area contributed by atoms with E-state index in [1.807, 2.05) is 17.8 Å². The second kappa shape index (κ2) is 6.48. The smallest absolute Gasteiger partial charge is 0.180 e. The molecule has 1 aliphatic carbocycles. The number of dihydropyridines is 1. The second-order valence-corrected chi connectivity index (χ2v) is 8.04. The first-order valence-electron chi connectivity index (χ1n) is 9.77. The Balaban J connectivity index is 1.69. The molecule has 0 saturated carbocycles. The van der Waals surface area contributed by atoms with Crippen LogP contribution in [0, 0.1) is 6.92 Å². The monoisotopic (exact) mass is 378 g/mol. The van der Waals surface area contributed by atoms with Crippen LogP contribution in [0.15, 0.2) is 52.8 Å². The van der Waals surface area contributed by atoms with E-state index >= 15 is 0 Å². The van der Waals surface area contributed by atoms with Gasteiger partial charge < -0.3 is 9.88 Å². The van der Waals surface area contributed by atoms with E-state index in [0.29, 0.717) is 12.0 Å². The van der Waals surface area contributed by atoms with Crippen LogP contribution in [0.25, 0.3) is 0 Å². The van der Waals surface area contributed by atoms with Crippen LogP contribution in [0.2, 0.25) is 0 Å². The van der Waals surface area contributed by atoms with Gasteiger partial charge in [0.05, 0.1) is 11.6 Å². The van der Waals surface area contributed by atoms with E-state index in [4.69, 9.17) is 4.99 Å². The molecule has 4 unspecified atom stereocenters. The maximum absolute atomic E-state index is 14.5. The normalized spacial score (nSPS) is 29.5. The number of nitrogens with zero attached hydrogens (tertiary/aromatic N) is 3. The van der Waals surface area contributed by atoms with E-state index in [9.17, 15) is 9.18 Å². The fraction of sp³-hybridized carbons (Fsp3) is 0.409. The minimum atomic E-state index is -0.997. The van der Waals surface area contributed by atoms with Crippen molar-refractivity contribution in [2.75, 3.05) is 6.54 Å². The number of Topliss-reactive ketones (excluding diaryl/α,β-unsaturated/α-hetero) is 1. The van der Waals surface area contributed by atoms with Gasteiger partial charge in [0.15, 0.2) is 5.78 Å². The molecule has 3 aliphatic rings. The highest BCUT2D eigenvalue weighted by Crippen LogP contribution is 2.44. The molecule has 5 rings (SSSR count). The van der Waals surface area contributed by atoms with Crippen LogP contribution in [0.3, 0.4) is 0 Å². The number of halogens is 1. The van der Waals surface area contributed by atoms with E-state index in [2.05, 4.69) is 41.5 Å². The number of aromatic nitrogens is 2. The molecule has 1 saturated heterocycles. The van der Waals surface area contributed by atoms with Crippen LogP contribution < -0.4 is 5.32 Å². The fourth-order valence-electron chi connectivity index (χ4n) is 4.83. The Hall–Kier alpha value is -2.60. The van der Waals surface area contributed by atoms with Crippen molar-refractivity contribution in [3.05, 3.63) is 64.8 Å². The van der Waals surface area contributed by atoms with Crippen LogP contribution in [-0.4, -0.2) is 39.8 Å². The number of benzene rings is 1. The number of piperidine rings is 1. The van der Waals surface area contributed by atoms with Crippen molar-refractivity contribution < 1.29 is 9.18 Å². The van der Waals surface area contributed by atoms with Crippen molar-refractivity contribution in [3.63, 3.8) is 0 Å². The lowest BCUT2D eigenvalue weighted by Gasteiger charge is -2.45. The van der Waals surface area contributed by atoms with Crippen LogP contribution in [0.1, 0.15) is 41.8 Å². The summed E-state index contributed by atoms with van der Waals surface area (Å²) >= 11 is 0. The third-order valence-corrected chi connectivity index (χ3v) is 6.18. The van der Waals surface area contributed by atoms with Gasteiger partial charge in [-0.2, -0.15) is 0 Å².